The Kier molecular flexibility index (Phi) is 4.15. The number of halogens is 1. The Labute approximate surface area is 73.0 Å². The van der Waals surface area contributed by atoms with Gasteiger partial charge in [-0.15, -0.1) is 12.4 Å². The smallest absolute Gasteiger partial charge is 0.125 e. The molecule has 0 aliphatic carbocycles. The van der Waals surface area contributed by atoms with Gasteiger partial charge in [0, 0.05) is 18.9 Å². The topological polar surface area (TPSA) is 43.8 Å². The minimum absolute atomic E-state index is 0. The molecule has 0 fully saturated rings. The van der Waals surface area contributed by atoms with E-state index in [1.54, 1.807) is 6.20 Å². The van der Waals surface area contributed by atoms with Gasteiger partial charge in [-0.05, 0) is 13.8 Å². The highest BCUT2D eigenvalue weighted by molar-refractivity contribution is 5.85. The largest absolute Gasteiger partial charge is 0.334 e. The van der Waals surface area contributed by atoms with E-state index in [9.17, 15) is 0 Å². The zero-order valence-electron chi connectivity index (χ0n) is 6.82. The van der Waals surface area contributed by atoms with Gasteiger partial charge < -0.3 is 10.3 Å². The number of rotatable bonds is 2. The molecular weight excluding hydrogens is 162 g/mol. The third-order valence-corrected chi connectivity index (χ3v) is 1.50. The van der Waals surface area contributed by atoms with Crippen LogP contribution in [0.3, 0.4) is 0 Å². The standard InChI is InChI=1S/C7H13N3.ClH/c1-3-10-5-4-9-7(10)6(2)8;/h4-6H,3,8H2,1-2H3;1H. The molecule has 0 spiro atoms. The van der Waals surface area contributed by atoms with Gasteiger partial charge in [0.1, 0.15) is 5.82 Å². The average Bonchev–Trinajstić information content (AvgIpc) is 2.33. The second-order valence-electron chi connectivity index (χ2n) is 2.36. The van der Waals surface area contributed by atoms with Gasteiger partial charge in [0.25, 0.3) is 0 Å². The SMILES string of the molecule is CCn1ccnc1C(C)N.Cl. The van der Waals surface area contributed by atoms with Crippen LogP contribution in [0.15, 0.2) is 12.4 Å². The van der Waals surface area contributed by atoms with Crippen molar-refractivity contribution in [2.45, 2.75) is 26.4 Å². The fourth-order valence-corrected chi connectivity index (χ4v) is 0.987. The second-order valence-corrected chi connectivity index (χ2v) is 2.36. The summed E-state index contributed by atoms with van der Waals surface area (Å²) in [6.07, 6.45) is 3.72. The van der Waals surface area contributed by atoms with Crippen LogP contribution in [0, 0.1) is 0 Å². The van der Waals surface area contributed by atoms with E-state index in [0.29, 0.717) is 0 Å². The molecule has 64 valence electrons. The fourth-order valence-electron chi connectivity index (χ4n) is 0.987. The fraction of sp³-hybridized carbons (Fsp3) is 0.571. The summed E-state index contributed by atoms with van der Waals surface area (Å²) in [6, 6.07) is 0.0370. The monoisotopic (exact) mass is 175 g/mol. The van der Waals surface area contributed by atoms with Crippen molar-refractivity contribution < 1.29 is 0 Å². The predicted molar refractivity (Wildman–Crippen MR) is 47.8 cm³/mol. The number of hydrogen-bond donors (Lipinski definition) is 1. The molecule has 0 saturated heterocycles. The van der Waals surface area contributed by atoms with Crippen molar-refractivity contribution in [3.05, 3.63) is 18.2 Å². The molecular formula is C7H14ClN3. The number of nitrogens with zero attached hydrogens (tertiary/aromatic N) is 2. The normalized spacial score (nSPS) is 12.3. The maximum atomic E-state index is 5.65. The Morgan fingerprint density at radius 2 is 2.36 bits per heavy atom. The summed E-state index contributed by atoms with van der Waals surface area (Å²) in [6.45, 7) is 4.96. The molecule has 4 heteroatoms. The van der Waals surface area contributed by atoms with Crippen LogP contribution in [-0.2, 0) is 6.54 Å². The predicted octanol–water partition coefficient (Wildman–Crippen LogP) is 1.34. The van der Waals surface area contributed by atoms with E-state index < -0.39 is 0 Å². The number of hydrogen-bond acceptors (Lipinski definition) is 2. The molecule has 0 saturated carbocycles. The molecule has 0 aliphatic heterocycles. The van der Waals surface area contributed by atoms with Gasteiger partial charge in [0.2, 0.25) is 0 Å². The van der Waals surface area contributed by atoms with Crippen molar-refractivity contribution in [3.8, 4) is 0 Å². The summed E-state index contributed by atoms with van der Waals surface area (Å²) in [4.78, 5) is 4.12. The molecule has 3 nitrogen and oxygen atoms in total. The average molecular weight is 176 g/mol. The summed E-state index contributed by atoms with van der Waals surface area (Å²) in [5.41, 5.74) is 5.65. The van der Waals surface area contributed by atoms with Crippen LogP contribution >= 0.6 is 12.4 Å². The maximum Gasteiger partial charge on any atom is 0.125 e. The minimum Gasteiger partial charge on any atom is -0.334 e. The number of aromatic nitrogens is 2. The molecule has 0 radical (unpaired) electrons. The van der Waals surface area contributed by atoms with Crippen LogP contribution in [0.1, 0.15) is 25.7 Å². The Hall–Kier alpha value is -0.540. The van der Waals surface area contributed by atoms with Crippen molar-refractivity contribution in [1.82, 2.24) is 9.55 Å². The van der Waals surface area contributed by atoms with Gasteiger partial charge in [-0.3, -0.25) is 0 Å². The van der Waals surface area contributed by atoms with Crippen molar-refractivity contribution in [3.63, 3.8) is 0 Å². The van der Waals surface area contributed by atoms with Gasteiger partial charge in [0.15, 0.2) is 0 Å². The molecule has 1 aromatic rings. The highest BCUT2D eigenvalue weighted by atomic mass is 35.5. The molecule has 0 amide bonds. The highest BCUT2D eigenvalue weighted by Crippen LogP contribution is 2.05. The van der Waals surface area contributed by atoms with Crippen LogP contribution in [0.2, 0.25) is 0 Å². The van der Waals surface area contributed by atoms with Crippen molar-refractivity contribution in [2.24, 2.45) is 5.73 Å². The zero-order valence-corrected chi connectivity index (χ0v) is 7.64. The van der Waals surface area contributed by atoms with E-state index in [-0.39, 0.29) is 18.4 Å². The lowest BCUT2D eigenvalue weighted by molar-refractivity contribution is 0.637. The quantitative estimate of drug-likeness (QED) is 0.738. The van der Waals surface area contributed by atoms with Crippen LogP contribution in [0.5, 0.6) is 0 Å². The molecule has 0 aliphatic rings. The summed E-state index contributed by atoms with van der Waals surface area (Å²) in [7, 11) is 0. The summed E-state index contributed by atoms with van der Waals surface area (Å²) >= 11 is 0. The molecule has 0 aromatic carbocycles. The lowest BCUT2D eigenvalue weighted by Gasteiger charge is -2.06. The Bertz CT molecular complexity index is 207. The Morgan fingerprint density at radius 1 is 1.73 bits per heavy atom. The first-order chi connectivity index (χ1) is 4.75. The molecule has 1 unspecified atom stereocenters. The van der Waals surface area contributed by atoms with E-state index >= 15 is 0 Å². The first-order valence-electron chi connectivity index (χ1n) is 3.52. The van der Waals surface area contributed by atoms with E-state index in [2.05, 4.69) is 11.9 Å². The van der Waals surface area contributed by atoms with Crippen LogP contribution < -0.4 is 5.73 Å². The third kappa shape index (κ3) is 2.20. The maximum absolute atomic E-state index is 5.65. The molecule has 0 bridgehead atoms. The van der Waals surface area contributed by atoms with Crippen molar-refractivity contribution in [1.29, 1.82) is 0 Å². The van der Waals surface area contributed by atoms with Gasteiger partial charge in [-0.25, -0.2) is 4.98 Å². The lowest BCUT2D eigenvalue weighted by Crippen LogP contribution is -2.12. The third-order valence-electron chi connectivity index (χ3n) is 1.50. The number of imidazole rings is 1. The van der Waals surface area contributed by atoms with E-state index in [0.717, 1.165) is 12.4 Å². The number of nitrogens with two attached hydrogens (primary N) is 1. The Morgan fingerprint density at radius 3 is 2.73 bits per heavy atom. The molecule has 1 atom stereocenters. The second kappa shape index (κ2) is 4.36. The first kappa shape index (κ1) is 10.5. The van der Waals surface area contributed by atoms with E-state index in [1.165, 1.54) is 0 Å². The summed E-state index contributed by atoms with van der Waals surface area (Å²) in [5, 5.41) is 0. The Balaban J connectivity index is 0.000001000. The molecule has 1 aromatic heterocycles. The highest BCUT2D eigenvalue weighted by Gasteiger charge is 2.04. The van der Waals surface area contributed by atoms with Crippen LogP contribution in [0.25, 0.3) is 0 Å². The van der Waals surface area contributed by atoms with Crippen molar-refractivity contribution >= 4 is 12.4 Å². The zero-order chi connectivity index (χ0) is 7.56. The number of aryl methyl sites for hydroxylation is 1. The first-order valence-corrected chi connectivity index (χ1v) is 3.52. The molecule has 2 N–H and O–H groups in total. The van der Waals surface area contributed by atoms with Crippen molar-refractivity contribution in [2.75, 3.05) is 0 Å². The molecule has 11 heavy (non-hydrogen) atoms. The van der Waals surface area contributed by atoms with Gasteiger partial charge in [-0.2, -0.15) is 0 Å². The van der Waals surface area contributed by atoms with Crippen LogP contribution in [0.4, 0.5) is 0 Å². The van der Waals surface area contributed by atoms with E-state index in [4.69, 9.17) is 5.73 Å². The lowest BCUT2D eigenvalue weighted by atomic mass is 10.3. The van der Waals surface area contributed by atoms with Gasteiger partial charge in [0.05, 0.1) is 6.04 Å². The summed E-state index contributed by atoms with van der Waals surface area (Å²) < 4.78 is 2.05. The van der Waals surface area contributed by atoms with Gasteiger partial charge >= 0.3 is 0 Å². The minimum atomic E-state index is 0. The molecule has 1 rings (SSSR count). The van der Waals surface area contributed by atoms with E-state index in [1.807, 2.05) is 17.7 Å². The van der Waals surface area contributed by atoms with Crippen LogP contribution in [-0.4, -0.2) is 9.55 Å². The molecule has 1 heterocycles. The summed E-state index contributed by atoms with van der Waals surface area (Å²) in [5.74, 6) is 0.961. The van der Waals surface area contributed by atoms with Gasteiger partial charge in [-0.1, -0.05) is 0 Å².